The Labute approximate surface area is 120 Å². The molecule has 2 rings (SSSR count). The maximum atomic E-state index is 12.1. The summed E-state index contributed by atoms with van der Waals surface area (Å²) in [6, 6.07) is 15.5. The van der Waals surface area contributed by atoms with Crippen LogP contribution in [-0.4, -0.2) is 11.9 Å². The molecule has 3 heteroatoms. The molecule has 0 aliphatic rings. The lowest BCUT2D eigenvalue weighted by Gasteiger charge is -2.16. The SMILES string of the molecule is Cc1cccc(NC(=O)C(C)Nc2cccc(C)c2)c1. The molecule has 1 amide bonds. The number of hydrogen-bond acceptors (Lipinski definition) is 2. The van der Waals surface area contributed by atoms with E-state index in [1.54, 1.807) is 0 Å². The molecule has 2 aromatic rings. The largest absolute Gasteiger partial charge is 0.374 e. The standard InChI is InChI=1S/C17H20N2O/c1-12-6-4-8-15(10-12)18-14(3)17(20)19-16-9-5-7-13(2)11-16/h4-11,14,18H,1-3H3,(H,19,20). The molecular formula is C17H20N2O. The lowest BCUT2D eigenvalue weighted by molar-refractivity contribution is -0.116. The van der Waals surface area contributed by atoms with E-state index in [4.69, 9.17) is 0 Å². The van der Waals surface area contributed by atoms with Crippen molar-refractivity contribution in [3.8, 4) is 0 Å². The van der Waals surface area contributed by atoms with Gasteiger partial charge in [-0.2, -0.15) is 0 Å². The molecule has 1 unspecified atom stereocenters. The molecule has 20 heavy (non-hydrogen) atoms. The van der Waals surface area contributed by atoms with Gasteiger partial charge in [-0.25, -0.2) is 0 Å². The van der Waals surface area contributed by atoms with Gasteiger partial charge in [0.1, 0.15) is 6.04 Å². The van der Waals surface area contributed by atoms with Gasteiger partial charge in [0.15, 0.2) is 0 Å². The van der Waals surface area contributed by atoms with Gasteiger partial charge in [-0.1, -0.05) is 24.3 Å². The number of rotatable bonds is 4. The van der Waals surface area contributed by atoms with Gasteiger partial charge in [0.2, 0.25) is 5.91 Å². The lowest BCUT2D eigenvalue weighted by Crippen LogP contribution is -2.31. The zero-order valence-corrected chi connectivity index (χ0v) is 12.1. The van der Waals surface area contributed by atoms with E-state index in [0.29, 0.717) is 0 Å². The van der Waals surface area contributed by atoms with E-state index in [1.165, 1.54) is 5.56 Å². The molecule has 0 fully saturated rings. The topological polar surface area (TPSA) is 41.1 Å². The first kappa shape index (κ1) is 14.1. The highest BCUT2D eigenvalue weighted by molar-refractivity contribution is 5.96. The average molecular weight is 268 g/mol. The quantitative estimate of drug-likeness (QED) is 0.886. The van der Waals surface area contributed by atoms with Crippen LogP contribution in [0, 0.1) is 13.8 Å². The minimum Gasteiger partial charge on any atom is -0.374 e. The zero-order valence-electron chi connectivity index (χ0n) is 12.1. The van der Waals surface area contributed by atoms with Gasteiger partial charge >= 0.3 is 0 Å². The van der Waals surface area contributed by atoms with Crippen LogP contribution in [0.1, 0.15) is 18.1 Å². The zero-order chi connectivity index (χ0) is 14.5. The normalized spacial score (nSPS) is 11.8. The molecule has 2 aromatic carbocycles. The van der Waals surface area contributed by atoms with Crippen molar-refractivity contribution in [2.45, 2.75) is 26.8 Å². The first-order chi connectivity index (χ1) is 9.54. The van der Waals surface area contributed by atoms with Crippen LogP contribution in [0.15, 0.2) is 48.5 Å². The highest BCUT2D eigenvalue weighted by Gasteiger charge is 2.12. The van der Waals surface area contributed by atoms with E-state index in [2.05, 4.69) is 10.6 Å². The second-order valence-corrected chi connectivity index (χ2v) is 5.09. The molecule has 2 N–H and O–H groups in total. The van der Waals surface area contributed by atoms with E-state index in [9.17, 15) is 4.79 Å². The van der Waals surface area contributed by atoms with Crippen molar-refractivity contribution in [1.82, 2.24) is 0 Å². The summed E-state index contributed by atoms with van der Waals surface area (Å²) in [5.41, 5.74) is 4.08. The fraction of sp³-hybridized carbons (Fsp3) is 0.235. The molecule has 0 aliphatic carbocycles. The third-order valence-electron chi connectivity index (χ3n) is 3.08. The number of carbonyl (C=O) groups is 1. The molecular weight excluding hydrogens is 248 g/mol. The number of benzene rings is 2. The fourth-order valence-corrected chi connectivity index (χ4v) is 2.02. The Hall–Kier alpha value is -2.29. The van der Waals surface area contributed by atoms with Crippen LogP contribution in [0.5, 0.6) is 0 Å². The van der Waals surface area contributed by atoms with E-state index < -0.39 is 0 Å². The van der Waals surface area contributed by atoms with E-state index in [0.717, 1.165) is 16.9 Å². The number of amides is 1. The molecule has 0 saturated heterocycles. The molecule has 0 spiro atoms. The summed E-state index contributed by atoms with van der Waals surface area (Å²) < 4.78 is 0. The summed E-state index contributed by atoms with van der Waals surface area (Å²) in [5, 5.41) is 6.12. The van der Waals surface area contributed by atoms with E-state index in [-0.39, 0.29) is 11.9 Å². The van der Waals surface area contributed by atoms with Gasteiger partial charge in [-0.05, 0) is 56.2 Å². The number of anilines is 2. The maximum absolute atomic E-state index is 12.1. The van der Waals surface area contributed by atoms with E-state index >= 15 is 0 Å². The summed E-state index contributed by atoms with van der Waals surface area (Å²) in [4.78, 5) is 12.1. The monoisotopic (exact) mass is 268 g/mol. The van der Waals surface area contributed by atoms with E-state index in [1.807, 2.05) is 69.3 Å². The molecule has 0 aliphatic heterocycles. The van der Waals surface area contributed by atoms with Gasteiger partial charge in [-0.3, -0.25) is 4.79 Å². The number of aryl methyl sites for hydroxylation is 2. The Bertz CT molecular complexity index is 607. The van der Waals surface area contributed by atoms with Crippen LogP contribution >= 0.6 is 0 Å². The first-order valence-corrected chi connectivity index (χ1v) is 6.75. The highest BCUT2D eigenvalue weighted by Crippen LogP contribution is 2.13. The van der Waals surface area contributed by atoms with Crippen LogP contribution in [0.4, 0.5) is 11.4 Å². The van der Waals surface area contributed by atoms with Crippen molar-refractivity contribution in [3.63, 3.8) is 0 Å². The Balaban J connectivity index is 1.98. The molecule has 0 bridgehead atoms. The summed E-state index contributed by atoms with van der Waals surface area (Å²) in [6.07, 6.45) is 0. The number of hydrogen-bond donors (Lipinski definition) is 2. The maximum Gasteiger partial charge on any atom is 0.246 e. The van der Waals surface area contributed by atoms with Crippen molar-refractivity contribution >= 4 is 17.3 Å². The molecule has 0 saturated carbocycles. The Morgan fingerprint density at radius 3 is 2.10 bits per heavy atom. The summed E-state index contributed by atoms with van der Waals surface area (Å²) in [7, 11) is 0. The van der Waals surface area contributed by atoms with Crippen molar-refractivity contribution in [2.75, 3.05) is 10.6 Å². The second kappa shape index (κ2) is 6.24. The number of nitrogens with one attached hydrogen (secondary N) is 2. The predicted octanol–water partition coefficient (Wildman–Crippen LogP) is 3.74. The van der Waals surface area contributed by atoms with Crippen LogP contribution < -0.4 is 10.6 Å². The average Bonchev–Trinajstić information content (AvgIpc) is 2.38. The van der Waals surface area contributed by atoms with Gasteiger partial charge in [0, 0.05) is 11.4 Å². The summed E-state index contributed by atoms with van der Waals surface area (Å²) in [6.45, 7) is 5.89. The fourth-order valence-electron chi connectivity index (χ4n) is 2.02. The van der Waals surface area contributed by atoms with Crippen LogP contribution in [-0.2, 0) is 4.79 Å². The van der Waals surface area contributed by atoms with Crippen LogP contribution in [0.2, 0.25) is 0 Å². The van der Waals surface area contributed by atoms with Gasteiger partial charge in [0.05, 0.1) is 0 Å². The highest BCUT2D eigenvalue weighted by atomic mass is 16.2. The molecule has 0 heterocycles. The minimum atomic E-state index is -0.294. The van der Waals surface area contributed by atoms with Crippen molar-refractivity contribution < 1.29 is 4.79 Å². The van der Waals surface area contributed by atoms with Gasteiger partial charge < -0.3 is 10.6 Å². The Morgan fingerprint density at radius 2 is 1.50 bits per heavy atom. The summed E-state index contributed by atoms with van der Waals surface area (Å²) >= 11 is 0. The minimum absolute atomic E-state index is 0.0443. The van der Waals surface area contributed by atoms with Crippen molar-refractivity contribution in [2.24, 2.45) is 0 Å². The first-order valence-electron chi connectivity index (χ1n) is 6.75. The summed E-state index contributed by atoms with van der Waals surface area (Å²) in [5.74, 6) is -0.0443. The van der Waals surface area contributed by atoms with Crippen molar-refractivity contribution in [3.05, 3.63) is 59.7 Å². The third kappa shape index (κ3) is 3.85. The van der Waals surface area contributed by atoms with Crippen LogP contribution in [0.25, 0.3) is 0 Å². The molecule has 0 radical (unpaired) electrons. The predicted molar refractivity (Wildman–Crippen MR) is 84.1 cm³/mol. The molecule has 0 aromatic heterocycles. The lowest BCUT2D eigenvalue weighted by atomic mass is 10.2. The van der Waals surface area contributed by atoms with Crippen molar-refractivity contribution in [1.29, 1.82) is 0 Å². The van der Waals surface area contributed by atoms with Crippen LogP contribution in [0.3, 0.4) is 0 Å². The van der Waals surface area contributed by atoms with Gasteiger partial charge in [-0.15, -0.1) is 0 Å². The Kier molecular flexibility index (Phi) is 4.41. The second-order valence-electron chi connectivity index (χ2n) is 5.09. The molecule has 104 valence electrons. The molecule has 3 nitrogen and oxygen atoms in total. The van der Waals surface area contributed by atoms with Gasteiger partial charge in [0.25, 0.3) is 0 Å². The molecule has 1 atom stereocenters. The smallest absolute Gasteiger partial charge is 0.246 e. The number of carbonyl (C=O) groups excluding carboxylic acids is 1. The Morgan fingerprint density at radius 1 is 0.950 bits per heavy atom. The third-order valence-corrected chi connectivity index (χ3v) is 3.08.